The van der Waals surface area contributed by atoms with Gasteiger partial charge in [0.05, 0.1) is 4.90 Å². The van der Waals surface area contributed by atoms with Crippen LogP contribution >= 0.6 is 0 Å². The predicted octanol–water partition coefficient (Wildman–Crippen LogP) is 2.01. The van der Waals surface area contributed by atoms with Crippen molar-refractivity contribution < 1.29 is 8.42 Å². The molecule has 2 aromatic rings. The molecule has 1 aromatic heterocycles. The van der Waals surface area contributed by atoms with Gasteiger partial charge < -0.3 is 5.73 Å². The van der Waals surface area contributed by atoms with E-state index in [0.717, 1.165) is 23.2 Å². The maximum absolute atomic E-state index is 12.2. The summed E-state index contributed by atoms with van der Waals surface area (Å²) in [7, 11) is -3.57. The summed E-state index contributed by atoms with van der Waals surface area (Å²) in [5.74, 6) is 0. The molecule has 3 N–H and O–H groups in total. The van der Waals surface area contributed by atoms with Crippen molar-refractivity contribution in [2.24, 2.45) is 0 Å². The molecule has 0 fully saturated rings. The van der Waals surface area contributed by atoms with Crippen LogP contribution in [0, 0.1) is 6.92 Å². The van der Waals surface area contributed by atoms with E-state index in [2.05, 4.69) is 9.71 Å². The summed E-state index contributed by atoms with van der Waals surface area (Å²) in [6, 6.07) is 8.51. The Morgan fingerprint density at radius 2 is 2.00 bits per heavy atom. The molecule has 21 heavy (non-hydrogen) atoms. The molecule has 0 aliphatic heterocycles. The Kier molecular flexibility index (Phi) is 4.59. The van der Waals surface area contributed by atoms with E-state index in [9.17, 15) is 8.42 Å². The third kappa shape index (κ3) is 3.80. The van der Waals surface area contributed by atoms with Gasteiger partial charge in [-0.3, -0.25) is 4.98 Å². The van der Waals surface area contributed by atoms with Gasteiger partial charge in [0.15, 0.2) is 0 Å². The van der Waals surface area contributed by atoms with E-state index in [1.807, 2.05) is 26.0 Å². The van der Waals surface area contributed by atoms with E-state index in [1.54, 1.807) is 18.3 Å². The van der Waals surface area contributed by atoms with Crippen LogP contribution in [0.1, 0.15) is 23.7 Å². The van der Waals surface area contributed by atoms with Gasteiger partial charge in [0.1, 0.15) is 0 Å². The predicted molar refractivity (Wildman–Crippen MR) is 83.2 cm³/mol. The number of sulfonamides is 1. The molecule has 5 nitrogen and oxygen atoms in total. The number of anilines is 1. The number of hydrogen-bond acceptors (Lipinski definition) is 4. The third-order valence-corrected chi connectivity index (χ3v) is 4.65. The van der Waals surface area contributed by atoms with Crippen LogP contribution in [0.3, 0.4) is 0 Å². The van der Waals surface area contributed by atoms with Crippen LogP contribution in [0.2, 0.25) is 0 Å². The molecule has 2 rings (SSSR count). The lowest BCUT2D eigenvalue weighted by molar-refractivity contribution is 0.581. The summed E-state index contributed by atoms with van der Waals surface area (Å²) in [4.78, 5) is 4.31. The summed E-state index contributed by atoms with van der Waals surface area (Å²) in [6.45, 7) is 4.06. The van der Waals surface area contributed by atoms with E-state index < -0.39 is 10.0 Å². The molecule has 0 atom stereocenters. The minimum atomic E-state index is -3.57. The fraction of sp³-hybridized carbons (Fsp3) is 0.267. The lowest BCUT2D eigenvalue weighted by Gasteiger charge is -2.09. The Hall–Kier alpha value is -1.92. The molecule has 112 valence electrons. The highest BCUT2D eigenvalue weighted by atomic mass is 32.2. The lowest BCUT2D eigenvalue weighted by Crippen LogP contribution is -2.23. The average molecular weight is 305 g/mol. The van der Waals surface area contributed by atoms with Crippen molar-refractivity contribution in [3.05, 3.63) is 53.3 Å². The molecule has 0 aliphatic carbocycles. The number of pyridine rings is 1. The summed E-state index contributed by atoms with van der Waals surface area (Å²) >= 11 is 0. The molecule has 0 saturated carbocycles. The monoisotopic (exact) mass is 305 g/mol. The lowest BCUT2D eigenvalue weighted by atomic mass is 10.1. The van der Waals surface area contributed by atoms with Crippen LogP contribution in [-0.4, -0.2) is 13.4 Å². The Labute approximate surface area is 125 Å². The molecule has 6 heteroatoms. The fourth-order valence-electron chi connectivity index (χ4n) is 1.93. The second kappa shape index (κ2) is 6.24. The number of aromatic nitrogens is 1. The zero-order valence-electron chi connectivity index (χ0n) is 12.1. The fourth-order valence-corrected chi connectivity index (χ4v) is 2.98. The maximum Gasteiger partial charge on any atom is 0.240 e. The summed E-state index contributed by atoms with van der Waals surface area (Å²) in [5, 5.41) is 0. The van der Waals surface area contributed by atoms with Gasteiger partial charge >= 0.3 is 0 Å². The average Bonchev–Trinajstić information content (AvgIpc) is 2.46. The van der Waals surface area contributed by atoms with Crippen LogP contribution in [0.15, 0.2) is 41.4 Å². The second-order valence-electron chi connectivity index (χ2n) is 4.85. The van der Waals surface area contributed by atoms with Crippen molar-refractivity contribution in [1.82, 2.24) is 9.71 Å². The zero-order chi connectivity index (χ0) is 15.5. The number of nitrogen functional groups attached to an aromatic ring is 1. The van der Waals surface area contributed by atoms with Gasteiger partial charge in [0, 0.05) is 24.1 Å². The Morgan fingerprint density at radius 1 is 1.24 bits per heavy atom. The van der Waals surface area contributed by atoms with E-state index in [4.69, 9.17) is 5.73 Å². The number of nitrogens with two attached hydrogens (primary N) is 1. The molecule has 0 amide bonds. The number of hydrogen-bond donors (Lipinski definition) is 2. The van der Waals surface area contributed by atoms with E-state index >= 15 is 0 Å². The standard InChI is InChI=1S/C15H19N3O2S/c1-3-13-6-7-14(8-15(13)16)21(19,20)18-10-12-5-4-11(2)17-9-12/h4-9,18H,3,10,16H2,1-2H3. The van der Waals surface area contributed by atoms with Crippen molar-refractivity contribution in [2.45, 2.75) is 31.7 Å². The minimum Gasteiger partial charge on any atom is -0.398 e. The number of benzene rings is 1. The summed E-state index contributed by atoms with van der Waals surface area (Å²) in [6.07, 6.45) is 2.43. The zero-order valence-corrected chi connectivity index (χ0v) is 12.9. The Morgan fingerprint density at radius 3 is 2.57 bits per heavy atom. The van der Waals surface area contributed by atoms with E-state index in [1.165, 1.54) is 6.07 Å². The van der Waals surface area contributed by atoms with Crippen molar-refractivity contribution in [3.8, 4) is 0 Å². The van der Waals surface area contributed by atoms with Gasteiger partial charge in [0.25, 0.3) is 0 Å². The van der Waals surface area contributed by atoms with Gasteiger partial charge in [-0.05, 0) is 42.7 Å². The number of rotatable bonds is 5. The van der Waals surface area contributed by atoms with Gasteiger partial charge in [-0.2, -0.15) is 0 Å². The first-order chi connectivity index (χ1) is 9.92. The highest BCUT2D eigenvalue weighted by Crippen LogP contribution is 2.18. The van der Waals surface area contributed by atoms with Gasteiger partial charge in [0.2, 0.25) is 10.0 Å². The third-order valence-electron chi connectivity index (χ3n) is 3.25. The number of aryl methyl sites for hydroxylation is 2. The van der Waals surface area contributed by atoms with Crippen LogP contribution in [-0.2, 0) is 23.0 Å². The quantitative estimate of drug-likeness (QED) is 0.828. The molecule has 0 radical (unpaired) electrons. The smallest absolute Gasteiger partial charge is 0.240 e. The first kappa shape index (κ1) is 15.5. The molecule has 0 spiro atoms. The second-order valence-corrected chi connectivity index (χ2v) is 6.61. The SMILES string of the molecule is CCc1ccc(S(=O)(=O)NCc2ccc(C)nc2)cc1N. The normalized spacial score (nSPS) is 11.5. The van der Waals surface area contributed by atoms with Crippen LogP contribution in [0.4, 0.5) is 5.69 Å². The van der Waals surface area contributed by atoms with Crippen LogP contribution in [0.25, 0.3) is 0 Å². The van der Waals surface area contributed by atoms with Crippen molar-refractivity contribution >= 4 is 15.7 Å². The molecule has 0 bridgehead atoms. The van der Waals surface area contributed by atoms with Crippen molar-refractivity contribution in [2.75, 3.05) is 5.73 Å². The molecule has 0 aliphatic rings. The van der Waals surface area contributed by atoms with Gasteiger partial charge in [-0.25, -0.2) is 13.1 Å². The first-order valence-corrected chi connectivity index (χ1v) is 8.20. The highest BCUT2D eigenvalue weighted by molar-refractivity contribution is 7.89. The van der Waals surface area contributed by atoms with Crippen molar-refractivity contribution in [3.63, 3.8) is 0 Å². The highest BCUT2D eigenvalue weighted by Gasteiger charge is 2.15. The first-order valence-electron chi connectivity index (χ1n) is 6.72. The largest absolute Gasteiger partial charge is 0.398 e. The molecule has 0 unspecified atom stereocenters. The summed E-state index contributed by atoms with van der Waals surface area (Å²) < 4.78 is 27.0. The Bertz CT molecular complexity index is 725. The van der Waals surface area contributed by atoms with Crippen LogP contribution in [0.5, 0.6) is 0 Å². The number of nitrogens with zero attached hydrogens (tertiary/aromatic N) is 1. The molecule has 1 aromatic carbocycles. The van der Waals surface area contributed by atoms with Gasteiger partial charge in [-0.15, -0.1) is 0 Å². The Balaban J connectivity index is 2.14. The topological polar surface area (TPSA) is 85.1 Å². The molecule has 1 heterocycles. The molecular weight excluding hydrogens is 286 g/mol. The van der Waals surface area contributed by atoms with Gasteiger partial charge in [-0.1, -0.05) is 19.1 Å². The molecular formula is C15H19N3O2S. The van der Waals surface area contributed by atoms with Crippen LogP contribution < -0.4 is 10.5 Å². The maximum atomic E-state index is 12.2. The van der Waals surface area contributed by atoms with E-state index in [0.29, 0.717) is 5.69 Å². The molecule has 0 saturated heterocycles. The van der Waals surface area contributed by atoms with E-state index in [-0.39, 0.29) is 11.4 Å². The summed E-state index contributed by atoms with van der Waals surface area (Å²) in [5.41, 5.74) is 8.99. The number of nitrogens with one attached hydrogen (secondary N) is 1. The van der Waals surface area contributed by atoms with Crippen molar-refractivity contribution in [1.29, 1.82) is 0 Å². The minimum absolute atomic E-state index is 0.178.